The molecule has 1 amide bonds. The Morgan fingerprint density at radius 3 is 2.35 bits per heavy atom. The quantitative estimate of drug-likeness (QED) is 0.809. The highest BCUT2D eigenvalue weighted by Gasteiger charge is 2.27. The highest BCUT2D eigenvalue weighted by atomic mass is 32.1. The van der Waals surface area contributed by atoms with Gasteiger partial charge in [0.15, 0.2) is 0 Å². The molecule has 6 nitrogen and oxygen atoms in total. The second-order valence-corrected chi connectivity index (χ2v) is 6.33. The summed E-state index contributed by atoms with van der Waals surface area (Å²) < 4.78 is 21.7. The second kappa shape index (κ2) is 9.07. The number of hydrogen-bond donors (Lipinski definition) is 2. The van der Waals surface area contributed by atoms with E-state index in [2.05, 4.69) is 12.2 Å². The van der Waals surface area contributed by atoms with Gasteiger partial charge in [0.25, 0.3) is 0 Å². The number of alkyl carbamates (subject to hydrolysis) is 1. The molecule has 0 radical (unpaired) electrons. The van der Waals surface area contributed by atoms with E-state index in [-0.39, 0.29) is 12.0 Å². The lowest BCUT2D eigenvalue weighted by atomic mass is 9.81. The lowest BCUT2D eigenvalue weighted by Crippen LogP contribution is -2.40. The molecule has 0 spiro atoms. The maximum Gasteiger partial charge on any atom is 0.407 e. The van der Waals surface area contributed by atoms with Gasteiger partial charge in [-0.3, -0.25) is 0 Å². The summed E-state index contributed by atoms with van der Waals surface area (Å²) in [5, 5.41) is 12.6. The highest BCUT2D eigenvalue weighted by molar-refractivity contribution is 7.51. The lowest BCUT2D eigenvalue weighted by molar-refractivity contribution is 0.0360. The molecule has 1 fully saturated rings. The van der Waals surface area contributed by atoms with Crippen LogP contribution >= 0.6 is 0 Å². The Hall–Kier alpha value is -0.950. The van der Waals surface area contributed by atoms with E-state index in [0.717, 1.165) is 19.3 Å². The molecule has 1 rings (SSSR count). The number of nitrogens with one attached hydrogen (secondary N) is 1. The molecule has 1 aliphatic carbocycles. The topological polar surface area (TPSA) is 92.7 Å². The Bertz CT molecular complexity index is 336. The number of aliphatic hydroxyl groups is 1. The van der Waals surface area contributed by atoms with E-state index in [0.29, 0.717) is 12.5 Å². The number of carbonyl (C=O) groups excluding carboxylic acids is 1. The van der Waals surface area contributed by atoms with Gasteiger partial charge in [0.1, 0.15) is 5.60 Å². The Morgan fingerprint density at radius 2 is 1.90 bits per heavy atom. The average molecular weight is 307 g/mol. The first-order valence-electron chi connectivity index (χ1n) is 6.76. The molecule has 1 saturated carbocycles. The van der Waals surface area contributed by atoms with E-state index in [1.807, 2.05) is 20.8 Å². The minimum Gasteiger partial charge on any atom is -0.444 e. The third-order valence-electron chi connectivity index (χ3n) is 3.13. The van der Waals surface area contributed by atoms with E-state index in [9.17, 15) is 9.90 Å². The average Bonchev–Trinajstić information content (AvgIpc) is 2.26. The summed E-state index contributed by atoms with van der Waals surface area (Å²) in [6.45, 7) is 8.17. The van der Waals surface area contributed by atoms with Crippen molar-refractivity contribution in [2.75, 3.05) is 6.54 Å². The van der Waals surface area contributed by atoms with E-state index >= 15 is 0 Å². The van der Waals surface area contributed by atoms with Crippen molar-refractivity contribution in [1.82, 2.24) is 5.32 Å². The van der Waals surface area contributed by atoms with Crippen LogP contribution < -0.4 is 5.32 Å². The van der Waals surface area contributed by atoms with Crippen molar-refractivity contribution in [1.29, 1.82) is 0 Å². The molecule has 3 atom stereocenters. The Kier molecular flexibility index (Phi) is 8.64. The summed E-state index contributed by atoms with van der Waals surface area (Å²) in [6.07, 6.45) is 2.23. The second-order valence-electron chi connectivity index (χ2n) is 6.20. The molecule has 2 N–H and O–H groups in total. The fourth-order valence-electron chi connectivity index (χ4n) is 2.18. The van der Waals surface area contributed by atoms with Crippen LogP contribution in [0, 0.1) is 11.8 Å². The van der Waals surface area contributed by atoms with Crippen LogP contribution in [0.4, 0.5) is 4.79 Å². The molecule has 0 aliphatic heterocycles. The van der Waals surface area contributed by atoms with Crippen LogP contribution in [0.5, 0.6) is 0 Å². The minimum atomic E-state index is -0.750. The summed E-state index contributed by atoms with van der Waals surface area (Å²) in [6, 6.07) is 0. The third kappa shape index (κ3) is 9.03. The van der Waals surface area contributed by atoms with Crippen molar-refractivity contribution in [2.24, 2.45) is 11.8 Å². The van der Waals surface area contributed by atoms with Gasteiger partial charge in [-0.2, -0.15) is 8.42 Å². The van der Waals surface area contributed by atoms with Gasteiger partial charge in [0.2, 0.25) is 0 Å². The van der Waals surface area contributed by atoms with Gasteiger partial charge < -0.3 is 15.2 Å². The van der Waals surface area contributed by atoms with E-state index in [1.54, 1.807) is 0 Å². The fraction of sp³-hybridized carbons (Fsp3) is 0.923. The molecule has 118 valence electrons. The predicted octanol–water partition coefficient (Wildman–Crippen LogP) is 1.64. The molecule has 0 unspecified atom stereocenters. The molecule has 0 aromatic rings. The van der Waals surface area contributed by atoms with Crippen molar-refractivity contribution < 1.29 is 23.1 Å². The monoisotopic (exact) mass is 307 g/mol. The van der Waals surface area contributed by atoms with E-state index in [4.69, 9.17) is 13.2 Å². The first kappa shape index (κ1) is 19.1. The molecule has 0 saturated heterocycles. The minimum absolute atomic E-state index is 0.165. The molecule has 0 aromatic heterocycles. The van der Waals surface area contributed by atoms with Crippen LogP contribution in [0.3, 0.4) is 0 Å². The molecular formula is C13H25NO5S. The summed E-state index contributed by atoms with van der Waals surface area (Å²) in [4.78, 5) is 11.5. The Labute approximate surface area is 123 Å². The molecular weight excluding hydrogens is 282 g/mol. The normalized spacial score (nSPS) is 25.9. The SMILES string of the molecule is C[C@@H]1CC[C@@H](CNC(=O)OC(C)(C)C)[C@H](O)C1.O=S=O. The number of aliphatic hydroxyl groups excluding tert-OH is 1. The van der Waals surface area contributed by atoms with Crippen molar-refractivity contribution in [3.05, 3.63) is 0 Å². The Morgan fingerprint density at radius 1 is 1.35 bits per heavy atom. The number of hydrogen-bond acceptors (Lipinski definition) is 5. The highest BCUT2D eigenvalue weighted by Crippen LogP contribution is 2.28. The number of amides is 1. The van der Waals surface area contributed by atoms with Gasteiger partial charge in [0, 0.05) is 12.5 Å². The zero-order chi connectivity index (χ0) is 15.8. The predicted molar refractivity (Wildman–Crippen MR) is 75.7 cm³/mol. The van der Waals surface area contributed by atoms with Gasteiger partial charge in [-0.25, -0.2) is 4.79 Å². The smallest absolute Gasteiger partial charge is 0.407 e. The van der Waals surface area contributed by atoms with E-state index < -0.39 is 23.3 Å². The van der Waals surface area contributed by atoms with Crippen LogP contribution in [0.25, 0.3) is 0 Å². The molecule has 1 aliphatic rings. The van der Waals surface area contributed by atoms with E-state index in [1.165, 1.54) is 0 Å². The maximum absolute atomic E-state index is 11.5. The standard InChI is InChI=1S/C13H25NO3.O2S/c1-9-5-6-10(11(15)7-9)8-14-12(16)17-13(2,3)4;1-3-2/h9-11,15H,5-8H2,1-4H3,(H,14,16);/t9-,10+,11-;/m1./s1. The molecule has 0 bridgehead atoms. The maximum atomic E-state index is 11.5. The molecule has 0 heterocycles. The van der Waals surface area contributed by atoms with Gasteiger partial charge in [-0.15, -0.1) is 0 Å². The van der Waals surface area contributed by atoms with Crippen molar-refractivity contribution >= 4 is 17.7 Å². The van der Waals surface area contributed by atoms with Gasteiger partial charge in [0.05, 0.1) is 6.10 Å². The van der Waals surface area contributed by atoms with Gasteiger partial charge in [-0.1, -0.05) is 13.3 Å². The van der Waals surface area contributed by atoms with Crippen LogP contribution in [0.2, 0.25) is 0 Å². The summed E-state index contributed by atoms with van der Waals surface area (Å²) in [5.74, 6) is 0.751. The first-order chi connectivity index (χ1) is 9.19. The largest absolute Gasteiger partial charge is 0.444 e. The number of carbonyl (C=O) groups is 1. The van der Waals surface area contributed by atoms with Gasteiger partial charge in [-0.05, 0) is 39.5 Å². The summed E-state index contributed by atoms with van der Waals surface area (Å²) in [7, 11) is 0. The van der Waals surface area contributed by atoms with Crippen LogP contribution in [0.1, 0.15) is 47.0 Å². The fourth-order valence-corrected chi connectivity index (χ4v) is 2.18. The molecule has 20 heavy (non-hydrogen) atoms. The van der Waals surface area contributed by atoms with Crippen LogP contribution in [-0.2, 0) is 16.3 Å². The number of ether oxygens (including phenoxy) is 1. The number of rotatable bonds is 2. The molecule has 0 aromatic carbocycles. The van der Waals surface area contributed by atoms with Crippen LogP contribution in [-0.4, -0.2) is 37.9 Å². The van der Waals surface area contributed by atoms with Crippen molar-refractivity contribution in [2.45, 2.75) is 58.7 Å². The Balaban J connectivity index is 0.00000110. The zero-order valence-electron chi connectivity index (χ0n) is 12.5. The lowest BCUT2D eigenvalue weighted by Gasteiger charge is -2.31. The first-order valence-corrected chi connectivity index (χ1v) is 7.43. The summed E-state index contributed by atoms with van der Waals surface area (Å²) >= 11 is -0.750. The zero-order valence-corrected chi connectivity index (χ0v) is 13.4. The third-order valence-corrected chi connectivity index (χ3v) is 3.13. The summed E-state index contributed by atoms with van der Waals surface area (Å²) in [5.41, 5.74) is -0.468. The van der Waals surface area contributed by atoms with Crippen molar-refractivity contribution in [3.63, 3.8) is 0 Å². The van der Waals surface area contributed by atoms with Crippen LogP contribution in [0.15, 0.2) is 0 Å². The van der Waals surface area contributed by atoms with Crippen molar-refractivity contribution in [3.8, 4) is 0 Å². The van der Waals surface area contributed by atoms with Gasteiger partial charge >= 0.3 is 17.7 Å². The molecule has 7 heteroatoms.